The second-order valence-electron chi connectivity index (χ2n) is 4.36. The third-order valence-electron chi connectivity index (χ3n) is 2.90. The number of pyridine rings is 1. The van der Waals surface area contributed by atoms with Crippen LogP contribution in [0.5, 0.6) is 0 Å². The van der Waals surface area contributed by atoms with Crippen molar-refractivity contribution in [3.8, 4) is 0 Å². The van der Waals surface area contributed by atoms with E-state index in [4.69, 9.17) is 0 Å². The van der Waals surface area contributed by atoms with Crippen LogP contribution in [0.15, 0.2) is 22.8 Å². The number of aromatic nitrogens is 1. The Labute approximate surface area is 113 Å². The van der Waals surface area contributed by atoms with E-state index < -0.39 is 0 Å². The van der Waals surface area contributed by atoms with Crippen molar-refractivity contribution in [1.82, 2.24) is 10.3 Å². The Morgan fingerprint density at radius 1 is 1.24 bits per heavy atom. The maximum Gasteiger partial charge on any atom is 0.0574 e. The molecule has 0 aromatic carbocycles. The summed E-state index contributed by atoms with van der Waals surface area (Å²) in [6.45, 7) is 5.39. The van der Waals surface area contributed by atoms with Gasteiger partial charge in [-0.25, -0.2) is 0 Å². The number of halogens is 1. The number of hydrogen-bond acceptors (Lipinski definition) is 2. The molecular formula is C14H23BrN2. The molecule has 17 heavy (non-hydrogen) atoms. The minimum Gasteiger partial charge on any atom is -0.309 e. The van der Waals surface area contributed by atoms with Gasteiger partial charge in [0.2, 0.25) is 0 Å². The first-order valence-electron chi connectivity index (χ1n) is 6.62. The van der Waals surface area contributed by atoms with Crippen LogP contribution < -0.4 is 5.32 Å². The fraction of sp³-hybridized carbons (Fsp3) is 0.643. The first-order chi connectivity index (χ1) is 8.27. The van der Waals surface area contributed by atoms with E-state index in [9.17, 15) is 0 Å². The molecule has 0 aliphatic carbocycles. The van der Waals surface area contributed by atoms with Gasteiger partial charge in [0.1, 0.15) is 0 Å². The number of hydrogen-bond donors (Lipinski definition) is 1. The molecule has 1 N–H and O–H groups in total. The Kier molecular flexibility index (Phi) is 7.45. The van der Waals surface area contributed by atoms with Gasteiger partial charge < -0.3 is 5.32 Å². The summed E-state index contributed by atoms with van der Waals surface area (Å²) in [7, 11) is 0. The first kappa shape index (κ1) is 14.7. The predicted octanol–water partition coefficient (Wildman–Crippen LogP) is 4.47. The number of nitrogens with one attached hydrogen (secondary N) is 1. The van der Waals surface area contributed by atoms with Crippen LogP contribution in [0.3, 0.4) is 0 Å². The number of rotatable bonds is 8. The van der Waals surface area contributed by atoms with Crippen LogP contribution in [0.4, 0.5) is 0 Å². The Balaban J connectivity index is 2.49. The lowest BCUT2D eigenvalue weighted by Gasteiger charge is -2.17. The van der Waals surface area contributed by atoms with Gasteiger partial charge in [-0.05, 0) is 41.0 Å². The van der Waals surface area contributed by atoms with E-state index in [0.717, 1.165) is 16.7 Å². The molecule has 96 valence electrons. The minimum atomic E-state index is 0.407. The highest BCUT2D eigenvalue weighted by molar-refractivity contribution is 9.10. The normalized spacial score (nSPS) is 12.6. The standard InChI is InChI=1S/C14H23BrN2/c1-3-5-6-7-8-13(16-4-2)14-10-9-12(15)11-17-14/h9-11,13,16H,3-8H2,1-2H3. The molecule has 0 amide bonds. The summed E-state index contributed by atoms with van der Waals surface area (Å²) in [5.74, 6) is 0. The fourth-order valence-corrected chi connectivity index (χ4v) is 2.20. The van der Waals surface area contributed by atoms with Crippen LogP contribution in [0.25, 0.3) is 0 Å². The van der Waals surface area contributed by atoms with Crippen LogP contribution in [0, 0.1) is 0 Å². The molecule has 0 saturated heterocycles. The Morgan fingerprint density at radius 3 is 2.65 bits per heavy atom. The average molecular weight is 299 g/mol. The molecule has 0 aliphatic rings. The van der Waals surface area contributed by atoms with Crippen molar-refractivity contribution in [3.63, 3.8) is 0 Å². The molecule has 1 rings (SSSR count). The summed E-state index contributed by atoms with van der Waals surface area (Å²) in [6, 6.07) is 4.58. The Morgan fingerprint density at radius 2 is 2.06 bits per heavy atom. The lowest BCUT2D eigenvalue weighted by molar-refractivity contribution is 0.472. The van der Waals surface area contributed by atoms with Gasteiger partial charge in [-0.15, -0.1) is 0 Å². The predicted molar refractivity (Wildman–Crippen MR) is 77.1 cm³/mol. The highest BCUT2D eigenvalue weighted by atomic mass is 79.9. The van der Waals surface area contributed by atoms with E-state index in [1.54, 1.807) is 0 Å². The van der Waals surface area contributed by atoms with E-state index in [1.807, 2.05) is 6.20 Å². The summed E-state index contributed by atoms with van der Waals surface area (Å²) in [6.07, 6.45) is 8.31. The zero-order valence-corrected chi connectivity index (χ0v) is 12.5. The number of unbranched alkanes of at least 4 members (excludes halogenated alkanes) is 3. The zero-order chi connectivity index (χ0) is 12.5. The van der Waals surface area contributed by atoms with Gasteiger partial charge in [0, 0.05) is 16.7 Å². The molecular weight excluding hydrogens is 276 g/mol. The summed E-state index contributed by atoms with van der Waals surface area (Å²) < 4.78 is 1.04. The second kappa shape index (κ2) is 8.65. The van der Waals surface area contributed by atoms with Crippen LogP contribution in [-0.2, 0) is 0 Å². The third-order valence-corrected chi connectivity index (χ3v) is 3.37. The topological polar surface area (TPSA) is 24.9 Å². The van der Waals surface area contributed by atoms with Gasteiger partial charge in [-0.3, -0.25) is 4.98 Å². The van der Waals surface area contributed by atoms with Crippen molar-refractivity contribution in [2.45, 2.75) is 52.0 Å². The van der Waals surface area contributed by atoms with Crippen molar-refractivity contribution < 1.29 is 0 Å². The molecule has 1 aromatic heterocycles. The lowest BCUT2D eigenvalue weighted by atomic mass is 10.0. The molecule has 2 nitrogen and oxygen atoms in total. The van der Waals surface area contributed by atoms with Gasteiger partial charge in [0.15, 0.2) is 0 Å². The van der Waals surface area contributed by atoms with Crippen LogP contribution in [0.2, 0.25) is 0 Å². The van der Waals surface area contributed by atoms with Gasteiger partial charge in [0.05, 0.1) is 5.69 Å². The maximum atomic E-state index is 4.49. The van der Waals surface area contributed by atoms with Crippen molar-refractivity contribution in [1.29, 1.82) is 0 Å². The fourth-order valence-electron chi connectivity index (χ4n) is 1.97. The van der Waals surface area contributed by atoms with E-state index in [2.05, 4.69) is 52.2 Å². The van der Waals surface area contributed by atoms with Gasteiger partial charge in [0.25, 0.3) is 0 Å². The van der Waals surface area contributed by atoms with Crippen LogP contribution in [0.1, 0.15) is 57.7 Å². The lowest BCUT2D eigenvalue weighted by Crippen LogP contribution is -2.21. The quantitative estimate of drug-likeness (QED) is 0.717. The van der Waals surface area contributed by atoms with E-state index in [1.165, 1.54) is 32.1 Å². The smallest absolute Gasteiger partial charge is 0.0574 e. The summed E-state index contributed by atoms with van der Waals surface area (Å²) in [5.41, 5.74) is 1.16. The van der Waals surface area contributed by atoms with Crippen LogP contribution >= 0.6 is 15.9 Å². The van der Waals surface area contributed by atoms with Crippen molar-refractivity contribution in [2.24, 2.45) is 0 Å². The molecule has 3 heteroatoms. The number of nitrogens with zero attached hydrogens (tertiary/aromatic N) is 1. The molecule has 0 bridgehead atoms. The first-order valence-corrected chi connectivity index (χ1v) is 7.42. The second-order valence-corrected chi connectivity index (χ2v) is 5.28. The molecule has 0 spiro atoms. The molecule has 0 saturated carbocycles. The molecule has 1 unspecified atom stereocenters. The Hall–Kier alpha value is -0.410. The van der Waals surface area contributed by atoms with Crippen molar-refractivity contribution in [3.05, 3.63) is 28.5 Å². The highest BCUT2D eigenvalue weighted by Gasteiger charge is 2.10. The zero-order valence-electron chi connectivity index (χ0n) is 10.9. The van der Waals surface area contributed by atoms with Gasteiger partial charge in [-0.1, -0.05) is 39.5 Å². The van der Waals surface area contributed by atoms with Crippen molar-refractivity contribution >= 4 is 15.9 Å². The van der Waals surface area contributed by atoms with E-state index in [0.29, 0.717) is 6.04 Å². The third kappa shape index (κ3) is 5.64. The SMILES string of the molecule is CCCCCCC(NCC)c1ccc(Br)cn1. The van der Waals surface area contributed by atoms with Crippen molar-refractivity contribution in [2.75, 3.05) is 6.54 Å². The van der Waals surface area contributed by atoms with Gasteiger partial charge >= 0.3 is 0 Å². The largest absolute Gasteiger partial charge is 0.309 e. The molecule has 0 radical (unpaired) electrons. The molecule has 1 heterocycles. The monoisotopic (exact) mass is 298 g/mol. The summed E-state index contributed by atoms with van der Waals surface area (Å²) in [4.78, 5) is 4.49. The van der Waals surface area contributed by atoms with Gasteiger partial charge in [-0.2, -0.15) is 0 Å². The highest BCUT2D eigenvalue weighted by Crippen LogP contribution is 2.19. The van der Waals surface area contributed by atoms with Crippen LogP contribution in [-0.4, -0.2) is 11.5 Å². The summed E-state index contributed by atoms with van der Waals surface area (Å²) >= 11 is 3.42. The molecule has 0 fully saturated rings. The minimum absolute atomic E-state index is 0.407. The van der Waals surface area contributed by atoms with E-state index in [-0.39, 0.29) is 0 Å². The maximum absolute atomic E-state index is 4.49. The average Bonchev–Trinajstić information content (AvgIpc) is 2.34. The van der Waals surface area contributed by atoms with E-state index >= 15 is 0 Å². The molecule has 0 aliphatic heterocycles. The summed E-state index contributed by atoms with van der Waals surface area (Å²) in [5, 5.41) is 3.52. The molecule has 1 atom stereocenters. The molecule has 1 aromatic rings. The Bertz CT molecular complexity index is 298.